The Hall–Kier alpha value is -2.12. The molecule has 6 nitrogen and oxygen atoms in total. The first-order valence-electron chi connectivity index (χ1n) is 10.1. The van der Waals surface area contributed by atoms with Crippen molar-refractivity contribution in [3.63, 3.8) is 0 Å². The quantitative estimate of drug-likeness (QED) is 0.563. The molecule has 0 radical (unpaired) electrons. The highest BCUT2D eigenvalue weighted by molar-refractivity contribution is 5.85. The summed E-state index contributed by atoms with van der Waals surface area (Å²) in [5.74, 6) is 1.58. The number of ether oxygens (including phenoxy) is 2. The molecule has 1 aliphatic rings. The second kappa shape index (κ2) is 12.5. The first-order valence-corrected chi connectivity index (χ1v) is 10.1. The van der Waals surface area contributed by atoms with E-state index < -0.39 is 0 Å². The molecule has 2 aromatic rings. The van der Waals surface area contributed by atoms with Crippen molar-refractivity contribution in [3.05, 3.63) is 65.7 Å². The molecular weight excluding hydrogens is 402 g/mol. The van der Waals surface area contributed by atoms with Gasteiger partial charge in [0.2, 0.25) is 5.91 Å². The number of hydrogen-bond acceptors (Lipinski definition) is 5. The third-order valence-corrected chi connectivity index (χ3v) is 5.36. The summed E-state index contributed by atoms with van der Waals surface area (Å²) in [6.07, 6.45) is 0. The van der Waals surface area contributed by atoms with Crippen LogP contribution < -0.4 is 15.8 Å². The van der Waals surface area contributed by atoms with Crippen LogP contribution in [0.4, 0.5) is 0 Å². The minimum Gasteiger partial charge on any atom is -0.491 e. The van der Waals surface area contributed by atoms with Crippen LogP contribution in [-0.2, 0) is 16.1 Å². The van der Waals surface area contributed by atoms with Gasteiger partial charge in [-0.2, -0.15) is 0 Å². The summed E-state index contributed by atoms with van der Waals surface area (Å²) in [6, 6.07) is 18.2. The third kappa shape index (κ3) is 6.99. The van der Waals surface area contributed by atoms with E-state index in [0.717, 1.165) is 24.4 Å². The molecule has 1 fully saturated rings. The Bertz CT molecular complexity index is 775. The fraction of sp³-hybridized carbons (Fsp3) is 0.435. The minimum atomic E-state index is 0. The van der Waals surface area contributed by atoms with Gasteiger partial charge >= 0.3 is 0 Å². The Morgan fingerprint density at radius 2 is 1.93 bits per heavy atom. The Labute approximate surface area is 185 Å². The average Bonchev–Trinajstić information content (AvgIpc) is 3.16. The Morgan fingerprint density at radius 1 is 1.13 bits per heavy atom. The lowest BCUT2D eigenvalue weighted by molar-refractivity contribution is -0.122. The average molecular weight is 434 g/mol. The van der Waals surface area contributed by atoms with E-state index in [1.54, 1.807) is 7.11 Å². The van der Waals surface area contributed by atoms with E-state index in [2.05, 4.69) is 34.5 Å². The highest BCUT2D eigenvalue weighted by Gasteiger charge is 2.33. The Kier molecular flexibility index (Phi) is 10.1. The molecule has 0 unspecified atom stereocenters. The maximum absolute atomic E-state index is 12.5. The van der Waals surface area contributed by atoms with Gasteiger partial charge in [0, 0.05) is 32.7 Å². The van der Waals surface area contributed by atoms with Gasteiger partial charge in [-0.15, -0.1) is 12.4 Å². The first kappa shape index (κ1) is 24.2. The smallest absolute Gasteiger partial charge is 0.234 e. The first-order chi connectivity index (χ1) is 14.2. The van der Waals surface area contributed by atoms with Crippen molar-refractivity contribution in [1.82, 2.24) is 10.2 Å². The summed E-state index contributed by atoms with van der Waals surface area (Å²) >= 11 is 0. The number of amides is 1. The summed E-state index contributed by atoms with van der Waals surface area (Å²) in [7, 11) is 1.65. The van der Waals surface area contributed by atoms with Crippen molar-refractivity contribution in [1.29, 1.82) is 0 Å². The highest BCUT2D eigenvalue weighted by atomic mass is 35.5. The Morgan fingerprint density at radius 3 is 2.67 bits per heavy atom. The monoisotopic (exact) mass is 433 g/mol. The number of hydrogen-bond donors (Lipinski definition) is 2. The number of methoxy groups -OCH3 is 1. The molecule has 7 heteroatoms. The molecule has 3 N–H and O–H groups in total. The number of nitrogens with two attached hydrogens (primary N) is 1. The molecule has 0 bridgehead atoms. The maximum atomic E-state index is 12.5. The summed E-state index contributed by atoms with van der Waals surface area (Å²) in [5.41, 5.74) is 8.31. The standard InChI is InChI=1S/C23H31N3O3.ClH/c1-28-10-11-29-21-9-5-6-18(12-21)14-25-23(27)17-26-15-20(13-24)22(16-26)19-7-3-2-4-8-19;/h2-9,12,20,22H,10-11,13-17,24H2,1H3,(H,25,27);1H/t20-,22+;/m1./s1. The van der Waals surface area contributed by atoms with E-state index in [1.165, 1.54) is 5.56 Å². The fourth-order valence-electron chi connectivity index (χ4n) is 3.85. The summed E-state index contributed by atoms with van der Waals surface area (Å²) in [5, 5.41) is 3.02. The zero-order valence-electron chi connectivity index (χ0n) is 17.5. The number of rotatable bonds is 10. The van der Waals surface area contributed by atoms with E-state index >= 15 is 0 Å². The molecule has 2 aromatic carbocycles. The van der Waals surface area contributed by atoms with Crippen LogP contribution in [0.1, 0.15) is 17.0 Å². The molecule has 1 saturated heterocycles. The van der Waals surface area contributed by atoms with E-state index in [4.69, 9.17) is 15.2 Å². The normalized spacial score (nSPS) is 18.6. The van der Waals surface area contributed by atoms with Gasteiger partial charge in [-0.3, -0.25) is 9.69 Å². The second-order valence-electron chi connectivity index (χ2n) is 7.47. The number of carbonyl (C=O) groups excluding carboxylic acids is 1. The zero-order valence-corrected chi connectivity index (χ0v) is 18.3. The lowest BCUT2D eigenvalue weighted by Gasteiger charge is -2.16. The van der Waals surface area contributed by atoms with Crippen LogP contribution in [0.15, 0.2) is 54.6 Å². The van der Waals surface area contributed by atoms with Crippen molar-refractivity contribution in [3.8, 4) is 5.75 Å². The van der Waals surface area contributed by atoms with Crippen LogP contribution in [0.2, 0.25) is 0 Å². The number of carbonyl (C=O) groups is 1. The lowest BCUT2D eigenvalue weighted by atomic mass is 9.89. The largest absolute Gasteiger partial charge is 0.491 e. The number of benzene rings is 2. The van der Waals surface area contributed by atoms with Crippen LogP contribution in [-0.4, -0.2) is 57.3 Å². The summed E-state index contributed by atoms with van der Waals surface area (Å²) in [4.78, 5) is 14.7. The predicted octanol–water partition coefficient (Wildman–Crippen LogP) is 2.42. The van der Waals surface area contributed by atoms with E-state index in [0.29, 0.717) is 44.7 Å². The van der Waals surface area contributed by atoms with Crippen LogP contribution in [0.3, 0.4) is 0 Å². The number of likely N-dealkylation sites (tertiary alicyclic amines) is 1. The van der Waals surface area contributed by atoms with Crippen LogP contribution in [0, 0.1) is 5.92 Å². The maximum Gasteiger partial charge on any atom is 0.234 e. The number of nitrogens with one attached hydrogen (secondary N) is 1. The highest BCUT2D eigenvalue weighted by Crippen LogP contribution is 2.31. The molecule has 1 aliphatic heterocycles. The van der Waals surface area contributed by atoms with Crippen molar-refractivity contribution in [2.75, 3.05) is 46.5 Å². The molecule has 30 heavy (non-hydrogen) atoms. The minimum absolute atomic E-state index is 0. The van der Waals surface area contributed by atoms with Gasteiger partial charge in [-0.25, -0.2) is 0 Å². The van der Waals surface area contributed by atoms with E-state index in [-0.39, 0.29) is 18.3 Å². The number of halogens is 1. The van der Waals surface area contributed by atoms with Crippen LogP contribution in [0.5, 0.6) is 5.75 Å². The van der Waals surface area contributed by atoms with Crippen LogP contribution in [0.25, 0.3) is 0 Å². The van der Waals surface area contributed by atoms with Gasteiger partial charge in [0.25, 0.3) is 0 Å². The molecule has 1 heterocycles. The van der Waals surface area contributed by atoms with Crippen molar-refractivity contribution < 1.29 is 14.3 Å². The lowest BCUT2D eigenvalue weighted by Crippen LogP contribution is -2.36. The molecule has 164 valence electrons. The Balaban J connectivity index is 0.00000320. The van der Waals surface area contributed by atoms with Gasteiger partial charge in [-0.05, 0) is 35.7 Å². The molecule has 3 rings (SSSR count). The zero-order chi connectivity index (χ0) is 20.5. The van der Waals surface area contributed by atoms with E-state index in [1.807, 2.05) is 30.3 Å². The fourth-order valence-corrected chi connectivity index (χ4v) is 3.85. The van der Waals surface area contributed by atoms with Crippen molar-refractivity contribution in [2.24, 2.45) is 11.7 Å². The van der Waals surface area contributed by atoms with Gasteiger partial charge in [0.1, 0.15) is 12.4 Å². The molecule has 0 aromatic heterocycles. The van der Waals surface area contributed by atoms with Crippen molar-refractivity contribution >= 4 is 18.3 Å². The predicted molar refractivity (Wildman–Crippen MR) is 121 cm³/mol. The van der Waals surface area contributed by atoms with Gasteiger partial charge < -0.3 is 20.5 Å². The molecule has 0 spiro atoms. The van der Waals surface area contributed by atoms with Gasteiger partial charge in [-0.1, -0.05) is 42.5 Å². The number of nitrogens with zero attached hydrogens (tertiary/aromatic N) is 1. The molecule has 0 saturated carbocycles. The molecule has 1 amide bonds. The topological polar surface area (TPSA) is 76.8 Å². The van der Waals surface area contributed by atoms with Crippen LogP contribution >= 0.6 is 12.4 Å². The summed E-state index contributed by atoms with van der Waals surface area (Å²) < 4.78 is 10.6. The second-order valence-corrected chi connectivity index (χ2v) is 7.47. The SMILES string of the molecule is COCCOc1cccc(CNC(=O)CN2C[C@@H](CN)[C@H](c3ccccc3)C2)c1.Cl. The molecule has 2 atom stereocenters. The van der Waals surface area contributed by atoms with Crippen molar-refractivity contribution in [2.45, 2.75) is 12.5 Å². The summed E-state index contributed by atoms with van der Waals surface area (Å²) in [6.45, 7) is 4.28. The van der Waals surface area contributed by atoms with Gasteiger partial charge in [0.05, 0.1) is 13.2 Å². The molecule has 0 aliphatic carbocycles. The third-order valence-electron chi connectivity index (χ3n) is 5.36. The van der Waals surface area contributed by atoms with Gasteiger partial charge in [0.15, 0.2) is 0 Å². The molecular formula is C23H32ClN3O3. The van der Waals surface area contributed by atoms with E-state index in [9.17, 15) is 4.79 Å².